The lowest BCUT2D eigenvalue weighted by Gasteiger charge is -1.98. The van der Waals surface area contributed by atoms with Crippen LogP contribution in [0.5, 0.6) is 0 Å². The van der Waals surface area contributed by atoms with E-state index in [0.717, 1.165) is 0 Å². The highest BCUT2D eigenvalue weighted by Crippen LogP contribution is 2.08. The Morgan fingerprint density at radius 2 is 1.25 bits per heavy atom. The van der Waals surface area contributed by atoms with Crippen LogP contribution in [0.25, 0.3) is 0 Å². The second-order valence-electron chi connectivity index (χ2n) is 3.72. The van der Waals surface area contributed by atoms with Crippen molar-refractivity contribution in [2.45, 2.75) is 58.3 Å². The topological polar surface area (TPSA) is 75.9 Å². The Morgan fingerprint density at radius 3 is 1.56 bits per heavy atom. The van der Waals surface area contributed by atoms with Crippen LogP contribution in [0.2, 0.25) is 0 Å². The Kier molecular flexibility index (Phi) is 27.2. The molecule has 0 radical (unpaired) electrons. The van der Waals surface area contributed by atoms with Gasteiger partial charge in [0.2, 0.25) is 0 Å². The average Bonchev–Trinajstić information content (AvgIpc) is 2.16. The number of guanidine groups is 1. The smallest absolute Gasteiger partial charge is 0.183 e. The number of halogens is 1. The molecule has 0 saturated carbocycles. The van der Waals surface area contributed by atoms with Crippen LogP contribution in [0.1, 0.15) is 58.3 Å². The van der Waals surface area contributed by atoms with Gasteiger partial charge in [-0.1, -0.05) is 51.9 Å². The van der Waals surface area contributed by atoms with Crippen molar-refractivity contribution in [1.29, 1.82) is 5.41 Å². The summed E-state index contributed by atoms with van der Waals surface area (Å²) in [4.78, 5) is 0. The van der Waals surface area contributed by atoms with Crippen molar-refractivity contribution in [2.75, 3.05) is 6.16 Å². The molecule has 0 aliphatic carbocycles. The molecule has 1 atom stereocenters. The van der Waals surface area contributed by atoms with Gasteiger partial charge < -0.3 is 11.5 Å². The lowest BCUT2D eigenvalue weighted by molar-refractivity contribution is 0.586. The summed E-state index contributed by atoms with van der Waals surface area (Å²) in [5.41, 5.74) is 8.94. The highest BCUT2D eigenvalue weighted by Gasteiger charge is 1.89. The maximum atomic E-state index is 6.06. The first kappa shape index (κ1) is 21.3. The third-order valence-corrected chi connectivity index (χ3v) is 2.47. The zero-order valence-electron chi connectivity index (χ0n) is 10.5. The molecule has 5 N–H and O–H groups in total. The van der Waals surface area contributed by atoms with E-state index in [1.54, 1.807) is 0 Å². The van der Waals surface area contributed by atoms with Crippen LogP contribution >= 0.6 is 21.6 Å². The molecule has 0 aromatic carbocycles. The van der Waals surface area contributed by atoms with Gasteiger partial charge in [-0.3, -0.25) is 5.41 Å². The fourth-order valence-electron chi connectivity index (χ4n) is 1.28. The summed E-state index contributed by atoms with van der Waals surface area (Å²) in [5, 5.41) is 6.06. The summed E-state index contributed by atoms with van der Waals surface area (Å²) in [7, 11) is 2.79. The number of nitrogens with one attached hydrogen (secondary N) is 1. The molecule has 0 aliphatic rings. The van der Waals surface area contributed by atoms with Crippen molar-refractivity contribution in [3.63, 3.8) is 0 Å². The number of nitrogens with two attached hydrogens (primary N) is 2. The molecule has 1 unspecified atom stereocenters. The molecule has 0 saturated heterocycles. The van der Waals surface area contributed by atoms with Gasteiger partial charge in [0.25, 0.3) is 0 Å². The molecule has 100 valence electrons. The molecule has 0 heterocycles. The monoisotopic (exact) mass is 269 g/mol. The van der Waals surface area contributed by atoms with Gasteiger partial charge in [0.1, 0.15) is 0 Å². The molecule has 5 heteroatoms. The maximum absolute atomic E-state index is 6.06. The van der Waals surface area contributed by atoms with Crippen molar-refractivity contribution in [3.8, 4) is 0 Å². The quantitative estimate of drug-likeness (QED) is 0.274. The molecule has 0 bridgehead atoms. The van der Waals surface area contributed by atoms with Gasteiger partial charge in [0.05, 0.1) is 0 Å². The van der Waals surface area contributed by atoms with Crippen molar-refractivity contribution in [1.82, 2.24) is 0 Å². The minimum Gasteiger partial charge on any atom is -0.370 e. The first-order valence-electron chi connectivity index (χ1n) is 5.94. The van der Waals surface area contributed by atoms with Crippen LogP contribution in [0.15, 0.2) is 0 Å². The van der Waals surface area contributed by atoms with Gasteiger partial charge in [0.15, 0.2) is 5.96 Å². The van der Waals surface area contributed by atoms with E-state index in [-0.39, 0.29) is 18.4 Å². The van der Waals surface area contributed by atoms with E-state index < -0.39 is 0 Å². The summed E-state index contributed by atoms with van der Waals surface area (Å²) < 4.78 is 0. The molecule has 0 aromatic rings. The van der Waals surface area contributed by atoms with Gasteiger partial charge >= 0.3 is 0 Å². The highest BCUT2D eigenvalue weighted by molar-refractivity contribution is 7.16. The van der Waals surface area contributed by atoms with Gasteiger partial charge in [-0.2, -0.15) is 0 Å². The second kappa shape index (κ2) is 20.4. The van der Waals surface area contributed by atoms with E-state index in [1.807, 2.05) is 0 Å². The molecule has 0 aromatic heterocycles. The standard InChI is InChI=1S/C10H23P.CH5N3.ClH/c1-2-3-4-5-6-7-8-9-10-11;2-1(3)4;/h2-11H2,1H3;(H5,2,3,4);1H. The van der Waals surface area contributed by atoms with Crippen molar-refractivity contribution in [2.24, 2.45) is 11.5 Å². The fraction of sp³-hybridized carbons (Fsp3) is 0.909. The largest absolute Gasteiger partial charge is 0.370 e. The molecular formula is C11H29ClN3P. The minimum atomic E-state index is -0.333. The molecule has 0 aliphatic heterocycles. The van der Waals surface area contributed by atoms with Crippen LogP contribution in [-0.4, -0.2) is 12.1 Å². The molecule has 3 nitrogen and oxygen atoms in total. The molecule has 16 heavy (non-hydrogen) atoms. The lowest BCUT2D eigenvalue weighted by Crippen LogP contribution is -2.20. The number of rotatable bonds is 8. The fourth-order valence-corrected chi connectivity index (χ4v) is 1.57. The van der Waals surface area contributed by atoms with Gasteiger partial charge in [-0.25, -0.2) is 0 Å². The summed E-state index contributed by atoms with van der Waals surface area (Å²) in [6, 6.07) is 0. The Morgan fingerprint density at radius 1 is 0.938 bits per heavy atom. The van der Waals surface area contributed by atoms with E-state index in [4.69, 9.17) is 5.41 Å². The number of unbranched alkanes of at least 4 members (excludes halogenated alkanes) is 7. The van der Waals surface area contributed by atoms with E-state index in [0.29, 0.717) is 0 Å². The Hall–Kier alpha value is -0.0100. The second-order valence-corrected chi connectivity index (χ2v) is 4.30. The molecule has 0 amide bonds. The third kappa shape index (κ3) is 37.0. The van der Waals surface area contributed by atoms with Crippen molar-refractivity contribution < 1.29 is 0 Å². The lowest BCUT2D eigenvalue weighted by atomic mass is 10.1. The summed E-state index contributed by atoms with van der Waals surface area (Å²) in [6.07, 6.45) is 12.8. The third-order valence-electron chi connectivity index (χ3n) is 2.06. The zero-order chi connectivity index (χ0) is 11.9. The van der Waals surface area contributed by atoms with Gasteiger partial charge in [-0.15, -0.1) is 21.6 Å². The zero-order valence-corrected chi connectivity index (χ0v) is 12.5. The Labute approximate surface area is 109 Å². The molecular weight excluding hydrogens is 241 g/mol. The highest BCUT2D eigenvalue weighted by atomic mass is 35.5. The predicted molar refractivity (Wildman–Crippen MR) is 80.5 cm³/mol. The van der Waals surface area contributed by atoms with Crippen LogP contribution in [0.4, 0.5) is 0 Å². The van der Waals surface area contributed by atoms with Crippen LogP contribution < -0.4 is 11.5 Å². The van der Waals surface area contributed by atoms with Gasteiger partial charge in [0, 0.05) is 0 Å². The molecule has 0 fully saturated rings. The van der Waals surface area contributed by atoms with E-state index in [2.05, 4.69) is 27.6 Å². The average molecular weight is 270 g/mol. The van der Waals surface area contributed by atoms with Crippen molar-refractivity contribution >= 4 is 27.6 Å². The predicted octanol–water partition coefficient (Wildman–Crippen LogP) is 3.26. The molecule has 0 spiro atoms. The van der Waals surface area contributed by atoms with Crippen LogP contribution in [0.3, 0.4) is 0 Å². The van der Waals surface area contributed by atoms with Crippen LogP contribution in [0, 0.1) is 5.41 Å². The normalized spacial score (nSPS) is 8.62. The molecule has 0 rings (SSSR count). The van der Waals surface area contributed by atoms with Gasteiger partial charge in [-0.05, 0) is 12.6 Å². The first-order valence-corrected chi connectivity index (χ1v) is 6.76. The Bertz CT molecular complexity index is 122. The number of hydrogen-bond donors (Lipinski definition) is 3. The summed E-state index contributed by atoms with van der Waals surface area (Å²) in [5.74, 6) is -0.333. The van der Waals surface area contributed by atoms with Crippen LogP contribution in [-0.2, 0) is 0 Å². The summed E-state index contributed by atoms with van der Waals surface area (Å²) >= 11 is 0. The van der Waals surface area contributed by atoms with E-state index in [9.17, 15) is 0 Å². The van der Waals surface area contributed by atoms with E-state index >= 15 is 0 Å². The van der Waals surface area contributed by atoms with Crippen molar-refractivity contribution in [3.05, 3.63) is 0 Å². The van der Waals surface area contributed by atoms with E-state index in [1.165, 1.54) is 57.5 Å². The SMILES string of the molecule is CCCCCCCCCCP.Cl.N=C(N)N. The number of hydrogen-bond acceptors (Lipinski definition) is 1. The Balaban J connectivity index is -0.000000292. The first-order chi connectivity index (χ1) is 7.15. The maximum Gasteiger partial charge on any atom is 0.183 e. The minimum absolute atomic E-state index is 0. The summed E-state index contributed by atoms with van der Waals surface area (Å²) in [6.45, 7) is 2.27.